The number of para-hydroxylation sites is 1. The van der Waals surface area contributed by atoms with Gasteiger partial charge in [0.05, 0.1) is 11.9 Å². The maximum Gasteiger partial charge on any atom is 0.504 e. The molecule has 4 aromatic rings. The molecule has 2 aromatic heterocycles. The average Bonchev–Trinajstić information content (AvgIpc) is 3.53. The minimum atomic E-state index is -4.77. The molecule has 0 aliphatic carbocycles. The maximum atomic E-state index is 13.8. The fourth-order valence-electron chi connectivity index (χ4n) is 4.57. The van der Waals surface area contributed by atoms with Gasteiger partial charge in [-0.1, -0.05) is 30.3 Å². The molecule has 190 valence electrons. The number of nitrogens with one attached hydrogen (secondary N) is 1. The first-order chi connectivity index (χ1) is 17.7. The highest BCUT2D eigenvalue weighted by molar-refractivity contribution is 6.04. The third kappa shape index (κ3) is 4.30. The van der Waals surface area contributed by atoms with Gasteiger partial charge in [0.15, 0.2) is 0 Å². The lowest BCUT2D eigenvalue weighted by atomic mass is 9.82. The van der Waals surface area contributed by atoms with E-state index >= 15 is 0 Å². The van der Waals surface area contributed by atoms with Crippen LogP contribution in [0, 0.1) is 0 Å². The molecule has 0 bridgehead atoms. The molecular formula is C25H22F3N7O2. The zero-order valence-corrected chi connectivity index (χ0v) is 19.6. The number of carbonyl (C=O) groups excluding carboxylic acids is 2. The molecule has 1 aliphatic heterocycles. The number of likely N-dealkylation sites (N-methyl/N-ethyl adjacent to an activating group) is 1. The van der Waals surface area contributed by atoms with Crippen molar-refractivity contribution in [1.82, 2.24) is 24.9 Å². The van der Waals surface area contributed by atoms with E-state index in [0.29, 0.717) is 28.8 Å². The van der Waals surface area contributed by atoms with E-state index in [9.17, 15) is 22.8 Å². The Bertz CT molecular complexity index is 1460. The number of amides is 2. The van der Waals surface area contributed by atoms with Gasteiger partial charge in [0.25, 0.3) is 11.8 Å². The van der Waals surface area contributed by atoms with Crippen LogP contribution in [0.1, 0.15) is 34.5 Å². The van der Waals surface area contributed by atoms with E-state index in [1.165, 1.54) is 4.90 Å². The molecule has 0 saturated carbocycles. The van der Waals surface area contributed by atoms with E-state index in [1.807, 2.05) is 30.3 Å². The van der Waals surface area contributed by atoms with Crippen LogP contribution in [0.5, 0.6) is 0 Å². The Morgan fingerprint density at radius 1 is 1.11 bits per heavy atom. The fraction of sp³-hybridized carbons (Fsp3) is 0.200. The molecule has 0 unspecified atom stereocenters. The Kier molecular flexibility index (Phi) is 5.94. The number of rotatable bonds is 5. The second-order valence-corrected chi connectivity index (χ2v) is 8.47. The van der Waals surface area contributed by atoms with Crippen molar-refractivity contribution >= 4 is 23.3 Å². The second kappa shape index (κ2) is 9.12. The number of aromatic nitrogens is 4. The number of hydrogen-bond donors (Lipinski definition) is 2. The van der Waals surface area contributed by atoms with Gasteiger partial charge in [-0.05, 0) is 42.8 Å². The number of nitrogens with zero attached hydrogens (tertiary/aromatic N) is 5. The summed E-state index contributed by atoms with van der Waals surface area (Å²) in [5.41, 5.74) is 8.05. The fourth-order valence-corrected chi connectivity index (χ4v) is 4.57. The molecule has 37 heavy (non-hydrogen) atoms. The van der Waals surface area contributed by atoms with Crippen LogP contribution in [-0.2, 0) is 11.1 Å². The molecule has 5 rings (SSSR count). The Morgan fingerprint density at radius 3 is 2.51 bits per heavy atom. The quantitative estimate of drug-likeness (QED) is 0.401. The Morgan fingerprint density at radius 2 is 1.86 bits per heavy atom. The van der Waals surface area contributed by atoms with Gasteiger partial charge in [0.1, 0.15) is 17.6 Å². The van der Waals surface area contributed by atoms with Gasteiger partial charge < -0.3 is 11.1 Å². The Labute approximate surface area is 209 Å². The number of hydrogen-bond acceptors (Lipinski definition) is 5. The second-order valence-electron chi connectivity index (χ2n) is 8.47. The number of fused-ring (bicyclic) bond motifs is 1. The lowest BCUT2D eigenvalue weighted by molar-refractivity contribution is -0.212. The highest BCUT2D eigenvalue weighted by Crippen LogP contribution is 2.41. The monoisotopic (exact) mass is 509 g/mol. The molecule has 0 spiro atoms. The van der Waals surface area contributed by atoms with Crippen molar-refractivity contribution in [2.45, 2.75) is 25.2 Å². The normalized spacial score (nSPS) is 17.5. The molecule has 9 nitrogen and oxygen atoms in total. The predicted octanol–water partition coefficient (Wildman–Crippen LogP) is 3.42. The number of benzene rings is 2. The number of nitrogens with two attached hydrogens (primary N) is 1. The van der Waals surface area contributed by atoms with Crippen molar-refractivity contribution in [3.63, 3.8) is 0 Å². The van der Waals surface area contributed by atoms with Crippen LogP contribution in [0.2, 0.25) is 0 Å². The lowest BCUT2D eigenvalue weighted by Crippen LogP contribution is -2.55. The molecule has 0 saturated heterocycles. The first kappa shape index (κ1) is 24.1. The molecule has 3 N–H and O–H groups in total. The zero-order valence-electron chi connectivity index (χ0n) is 19.6. The van der Waals surface area contributed by atoms with Crippen LogP contribution in [0.4, 0.5) is 24.7 Å². The number of carbonyl (C=O) groups is 2. The Hall–Kier alpha value is -4.61. The van der Waals surface area contributed by atoms with E-state index in [4.69, 9.17) is 5.73 Å². The van der Waals surface area contributed by atoms with Crippen LogP contribution < -0.4 is 16.0 Å². The van der Waals surface area contributed by atoms with Crippen LogP contribution >= 0.6 is 0 Å². The van der Waals surface area contributed by atoms with Crippen molar-refractivity contribution in [2.75, 3.05) is 17.2 Å². The number of nitrogen functional groups attached to an aromatic ring is 1. The molecule has 1 aliphatic rings. The van der Waals surface area contributed by atoms with Gasteiger partial charge in [0.2, 0.25) is 0 Å². The minimum absolute atomic E-state index is 0.264. The van der Waals surface area contributed by atoms with Gasteiger partial charge in [-0.25, -0.2) is 4.68 Å². The van der Waals surface area contributed by atoms with Crippen molar-refractivity contribution in [1.29, 1.82) is 0 Å². The van der Waals surface area contributed by atoms with Gasteiger partial charge in [-0.2, -0.15) is 14.9 Å². The van der Waals surface area contributed by atoms with E-state index < -0.39 is 35.8 Å². The standard InChI is InChI=1S/C25H22F3N7O2/c1-2-33-23-18(14-30-35(23)17-9-4-3-5-10-17)20(15-7-6-8-16(29)13-15)21(24(33)37)31-22(36)19-11-12-34(32-19)25(26,27)28/h3-14,20-21H,2,29H2,1H3,(H,31,36)/t20-,21+/m1/s1. The molecule has 2 amide bonds. The Balaban J connectivity index is 1.61. The third-order valence-electron chi connectivity index (χ3n) is 6.18. The highest BCUT2D eigenvalue weighted by Gasteiger charge is 2.44. The van der Waals surface area contributed by atoms with Gasteiger partial charge in [-0.15, -0.1) is 13.2 Å². The summed E-state index contributed by atoms with van der Waals surface area (Å²) in [6, 6.07) is 16.0. The molecule has 0 radical (unpaired) electrons. The molecule has 2 aromatic carbocycles. The van der Waals surface area contributed by atoms with Crippen molar-refractivity contribution in [2.24, 2.45) is 0 Å². The van der Waals surface area contributed by atoms with Crippen molar-refractivity contribution < 1.29 is 22.8 Å². The number of anilines is 2. The SMILES string of the molecule is CCN1C(=O)[C@@H](NC(=O)c2ccn(C(F)(F)F)n2)[C@H](c2cccc(N)c2)c2cnn(-c3ccccc3)c21. The summed E-state index contributed by atoms with van der Waals surface area (Å²) in [7, 11) is 0. The summed E-state index contributed by atoms with van der Waals surface area (Å²) in [6.45, 7) is 2.05. The van der Waals surface area contributed by atoms with Gasteiger partial charge in [-0.3, -0.25) is 14.5 Å². The van der Waals surface area contributed by atoms with E-state index in [1.54, 1.807) is 42.1 Å². The van der Waals surface area contributed by atoms with E-state index in [0.717, 1.165) is 11.8 Å². The molecule has 0 fully saturated rings. The summed E-state index contributed by atoms with van der Waals surface area (Å²) >= 11 is 0. The van der Waals surface area contributed by atoms with Crippen LogP contribution in [-0.4, -0.2) is 44.0 Å². The molecular weight excluding hydrogens is 487 g/mol. The first-order valence-corrected chi connectivity index (χ1v) is 11.4. The van der Waals surface area contributed by atoms with Gasteiger partial charge in [0, 0.05) is 29.9 Å². The summed E-state index contributed by atoms with van der Waals surface area (Å²) in [6.07, 6.45) is -2.50. The average molecular weight is 509 g/mol. The summed E-state index contributed by atoms with van der Waals surface area (Å²) in [5, 5.41) is 10.5. The van der Waals surface area contributed by atoms with E-state index in [-0.39, 0.29) is 11.2 Å². The summed E-state index contributed by atoms with van der Waals surface area (Å²) in [4.78, 5) is 28.3. The van der Waals surface area contributed by atoms with Crippen molar-refractivity contribution in [3.05, 3.63) is 89.9 Å². The van der Waals surface area contributed by atoms with Crippen LogP contribution in [0.25, 0.3) is 5.69 Å². The molecule has 3 heterocycles. The summed E-state index contributed by atoms with van der Waals surface area (Å²) in [5.74, 6) is -1.52. The third-order valence-corrected chi connectivity index (χ3v) is 6.18. The van der Waals surface area contributed by atoms with Crippen LogP contribution in [0.15, 0.2) is 73.1 Å². The first-order valence-electron chi connectivity index (χ1n) is 11.4. The van der Waals surface area contributed by atoms with Crippen molar-refractivity contribution in [3.8, 4) is 5.69 Å². The number of halogens is 3. The molecule has 12 heteroatoms. The number of alkyl halides is 3. The minimum Gasteiger partial charge on any atom is -0.399 e. The largest absolute Gasteiger partial charge is 0.504 e. The van der Waals surface area contributed by atoms with Crippen LogP contribution in [0.3, 0.4) is 0 Å². The maximum absolute atomic E-state index is 13.8. The smallest absolute Gasteiger partial charge is 0.399 e. The predicted molar refractivity (Wildman–Crippen MR) is 129 cm³/mol. The topological polar surface area (TPSA) is 111 Å². The zero-order chi connectivity index (χ0) is 26.3. The molecule has 2 atom stereocenters. The highest BCUT2D eigenvalue weighted by atomic mass is 19.4. The lowest BCUT2D eigenvalue weighted by Gasteiger charge is -2.38. The summed E-state index contributed by atoms with van der Waals surface area (Å²) < 4.78 is 40.4. The van der Waals surface area contributed by atoms with Gasteiger partial charge >= 0.3 is 6.30 Å². The van der Waals surface area contributed by atoms with E-state index in [2.05, 4.69) is 15.5 Å².